The number of aromatic amines is 1. The van der Waals surface area contributed by atoms with Crippen molar-refractivity contribution in [3.05, 3.63) is 27.9 Å². The number of nitrogens with one attached hydrogen (secondary N) is 1. The molecule has 17 heavy (non-hydrogen) atoms. The normalized spacial score (nSPS) is 15.7. The van der Waals surface area contributed by atoms with Gasteiger partial charge < -0.3 is 9.88 Å². The Morgan fingerprint density at radius 1 is 1.29 bits per heavy atom. The quantitative estimate of drug-likeness (QED) is 0.801. The molecule has 5 heteroatoms. The van der Waals surface area contributed by atoms with Crippen LogP contribution in [0.15, 0.2) is 18.2 Å². The number of rotatable bonds is 1. The van der Waals surface area contributed by atoms with Crippen LogP contribution in [-0.4, -0.2) is 23.1 Å². The third-order valence-corrected chi connectivity index (χ3v) is 3.62. The van der Waals surface area contributed by atoms with Crippen molar-refractivity contribution in [2.75, 3.05) is 18.0 Å². The lowest BCUT2D eigenvalue weighted by atomic mass is 10.2. The first-order valence-electron chi connectivity index (χ1n) is 5.68. The molecule has 1 fully saturated rings. The summed E-state index contributed by atoms with van der Waals surface area (Å²) >= 11 is 11.3. The van der Waals surface area contributed by atoms with E-state index in [9.17, 15) is 0 Å². The van der Waals surface area contributed by atoms with E-state index in [4.69, 9.17) is 23.8 Å². The second-order valence-electron chi connectivity index (χ2n) is 4.25. The Morgan fingerprint density at radius 3 is 2.82 bits per heavy atom. The van der Waals surface area contributed by atoms with E-state index < -0.39 is 0 Å². The highest BCUT2D eigenvalue weighted by Crippen LogP contribution is 2.22. The van der Waals surface area contributed by atoms with Crippen molar-refractivity contribution in [1.29, 1.82) is 0 Å². The summed E-state index contributed by atoms with van der Waals surface area (Å²) in [5, 5.41) is 1.66. The minimum Gasteiger partial charge on any atom is -0.342 e. The van der Waals surface area contributed by atoms with Gasteiger partial charge in [-0.25, -0.2) is 4.98 Å². The molecule has 1 aromatic heterocycles. The molecule has 0 radical (unpaired) electrons. The summed E-state index contributed by atoms with van der Waals surface area (Å²) in [7, 11) is 0. The number of anilines is 1. The molecule has 88 valence electrons. The molecular formula is C12H12ClN3S. The average Bonchev–Trinajstić information content (AvgIpc) is 2.81. The van der Waals surface area contributed by atoms with Gasteiger partial charge >= 0.3 is 0 Å². The van der Waals surface area contributed by atoms with E-state index in [1.54, 1.807) is 0 Å². The molecule has 3 nitrogen and oxygen atoms in total. The lowest BCUT2D eigenvalue weighted by molar-refractivity contribution is 0.905. The van der Waals surface area contributed by atoms with Crippen LogP contribution in [0.25, 0.3) is 10.9 Å². The van der Waals surface area contributed by atoms with E-state index in [0.717, 1.165) is 29.9 Å². The van der Waals surface area contributed by atoms with Gasteiger partial charge in [-0.05, 0) is 31.0 Å². The van der Waals surface area contributed by atoms with E-state index in [1.807, 2.05) is 18.2 Å². The third kappa shape index (κ3) is 2.03. The second kappa shape index (κ2) is 4.27. The average molecular weight is 266 g/mol. The zero-order valence-electron chi connectivity index (χ0n) is 9.24. The summed E-state index contributed by atoms with van der Waals surface area (Å²) in [6, 6.07) is 5.65. The van der Waals surface area contributed by atoms with Crippen LogP contribution in [0.3, 0.4) is 0 Å². The van der Waals surface area contributed by atoms with Crippen molar-refractivity contribution < 1.29 is 0 Å². The number of nitrogens with zero attached hydrogens (tertiary/aromatic N) is 2. The predicted molar refractivity (Wildman–Crippen MR) is 73.4 cm³/mol. The van der Waals surface area contributed by atoms with Crippen molar-refractivity contribution in [3.8, 4) is 0 Å². The Hall–Kier alpha value is -1.13. The van der Waals surface area contributed by atoms with Gasteiger partial charge in [0.1, 0.15) is 4.64 Å². The fourth-order valence-corrected chi connectivity index (χ4v) is 2.63. The second-order valence-corrected chi connectivity index (χ2v) is 5.07. The summed E-state index contributed by atoms with van der Waals surface area (Å²) < 4.78 is 0.636. The lowest BCUT2D eigenvalue weighted by Gasteiger charge is -2.16. The van der Waals surface area contributed by atoms with E-state index in [1.165, 1.54) is 12.8 Å². The number of H-pyrrole nitrogens is 1. The maximum Gasteiger partial charge on any atom is 0.204 e. The van der Waals surface area contributed by atoms with Crippen molar-refractivity contribution in [2.45, 2.75) is 12.8 Å². The summed E-state index contributed by atoms with van der Waals surface area (Å²) in [5.41, 5.74) is 0.958. The largest absolute Gasteiger partial charge is 0.342 e. The first-order valence-corrected chi connectivity index (χ1v) is 6.47. The van der Waals surface area contributed by atoms with Crippen LogP contribution < -0.4 is 4.90 Å². The molecule has 0 unspecified atom stereocenters. The summed E-state index contributed by atoms with van der Waals surface area (Å²) in [4.78, 5) is 10.0. The predicted octanol–water partition coefficient (Wildman–Crippen LogP) is 3.55. The molecule has 1 aromatic carbocycles. The minimum absolute atomic E-state index is 0.636. The fourth-order valence-electron chi connectivity index (χ4n) is 2.19. The van der Waals surface area contributed by atoms with Crippen LogP contribution in [0, 0.1) is 4.64 Å². The Labute approximate surface area is 109 Å². The van der Waals surface area contributed by atoms with Gasteiger partial charge in [0.05, 0.1) is 5.52 Å². The van der Waals surface area contributed by atoms with Gasteiger partial charge in [0.15, 0.2) is 0 Å². The van der Waals surface area contributed by atoms with Gasteiger partial charge in [-0.1, -0.05) is 23.8 Å². The fraction of sp³-hybridized carbons (Fsp3) is 0.333. The maximum atomic E-state index is 6.00. The first-order chi connectivity index (χ1) is 8.24. The van der Waals surface area contributed by atoms with Gasteiger partial charge in [0, 0.05) is 23.5 Å². The smallest absolute Gasteiger partial charge is 0.204 e. The zero-order valence-corrected chi connectivity index (χ0v) is 10.8. The number of halogens is 1. The van der Waals surface area contributed by atoms with Gasteiger partial charge in [-0.15, -0.1) is 0 Å². The summed E-state index contributed by atoms with van der Waals surface area (Å²) in [5.74, 6) is 0.863. The Bertz CT molecular complexity index is 617. The molecule has 0 saturated carbocycles. The molecule has 1 aliphatic heterocycles. The molecule has 2 aromatic rings. The molecular weight excluding hydrogens is 254 g/mol. The highest BCUT2D eigenvalue weighted by molar-refractivity contribution is 7.71. The van der Waals surface area contributed by atoms with Crippen LogP contribution in [0.5, 0.6) is 0 Å². The Morgan fingerprint density at radius 2 is 2.06 bits per heavy atom. The molecule has 1 N–H and O–H groups in total. The van der Waals surface area contributed by atoms with Crippen molar-refractivity contribution in [1.82, 2.24) is 9.97 Å². The van der Waals surface area contributed by atoms with Gasteiger partial charge in [0.25, 0.3) is 0 Å². The number of hydrogen-bond donors (Lipinski definition) is 1. The molecule has 1 saturated heterocycles. The lowest BCUT2D eigenvalue weighted by Crippen LogP contribution is -2.20. The van der Waals surface area contributed by atoms with Crippen LogP contribution in [0.2, 0.25) is 5.02 Å². The van der Waals surface area contributed by atoms with Crippen LogP contribution in [-0.2, 0) is 0 Å². The monoisotopic (exact) mass is 265 g/mol. The third-order valence-electron chi connectivity index (χ3n) is 3.07. The molecule has 3 rings (SSSR count). The number of fused-ring (bicyclic) bond motifs is 1. The van der Waals surface area contributed by atoms with Crippen LogP contribution in [0.1, 0.15) is 12.8 Å². The number of aromatic nitrogens is 2. The van der Waals surface area contributed by atoms with E-state index >= 15 is 0 Å². The molecule has 0 atom stereocenters. The van der Waals surface area contributed by atoms with Crippen molar-refractivity contribution in [2.24, 2.45) is 0 Å². The van der Waals surface area contributed by atoms with Crippen LogP contribution in [0.4, 0.5) is 5.95 Å². The molecule has 0 amide bonds. The molecule has 0 aliphatic carbocycles. The molecule has 1 aliphatic rings. The minimum atomic E-state index is 0.636. The standard InChI is InChI=1S/C12H12ClN3S/c13-8-3-4-9-10(7-8)14-12(15-11(9)17)16-5-1-2-6-16/h3-4,7H,1-2,5-6H2,(H,14,15,17). The molecule has 0 spiro atoms. The highest BCUT2D eigenvalue weighted by Gasteiger charge is 2.14. The van der Waals surface area contributed by atoms with E-state index in [-0.39, 0.29) is 0 Å². The Balaban J connectivity index is 2.18. The van der Waals surface area contributed by atoms with Crippen LogP contribution >= 0.6 is 23.8 Å². The maximum absolute atomic E-state index is 6.00. The number of benzene rings is 1. The Kier molecular flexibility index (Phi) is 2.76. The van der Waals surface area contributed by atoms with E-state index in [0.29, 0.717) is 9.66 Å². The number of hydrogen-bond acceptors (Lipinski definition) is 3. The van der Waals surface area contributed by atoms with E-state index in [2.05, 4.69) is 14.9 Å². The van der Waals surface area contributed by atoms with Gasteiger partial charge in [-0.3, -0.25) is 0 Å². The highest BCUT2D eigenvalue weighted by atomic mass is 35.5. The molecule has 2 heterocycles. The summed E-state index contributed by atoms with van der Waals surface area (Å²) in [6.07, 6.45) is 2.44. The topological polar surface area (TPSA) is 31.9 Å². The SMILES string of the molecule is S=c1nc(N2CCCC2)[nH]c2cc(Cl)ccc12. The van der Waals surface area contributed by atoms with Crippen molar-refractivity contribution >= 4 is 40.7 Å². The van der Waals surface area contributed by atoms with Gasteiger partial charge in [-0.2, -0.15) is 0 Å². The first kappa shape index (κ1) is 11.0. The van der Waals surface area contributed by atoms with Gasteiger partial charge in [0.2, 0.25) is 5.95 Å². The zero-order chi connectivity index (χ0) is 11.8. The summed E-state index contributed by atoms with van der Waals surface area (Å²) in [6.45, 7) is 2.09. The molecule has 0 bridgehead atoms. The van der Waals surface area contributed by atoms with Crippen molar-refractivity contribution in [3.63, 3.8) is 0 Å².